The number of aromatic amines is 2. The SMILES string of the molecule is Cc1cn(Cc2csc(=O)[nH]2)c(=S)[nH]1. The van der Waals surface area contributed by atoms with E-state index in [4.69, 9.17) is 12.2 Å². The summed E-state index contributed by atoms with van der Waals surface area (Å²) in [6, 6.07) is 0. The lowest BCUT2D eigenvalue weighted by Crippen LogP contribution is -2.01. The predicted octanol–water partition coefficient (Wildman–Crippen LogP) is 1.65. The largest absolute Gasteiger partial charge is 0.335 e. The lowest BCUT2D eigenvalue weighted by atomic mass is 10.5. The summed E-state index contributed by atoms with van der Waals surface area (Å²) in [4.78, 5) is 16.6. The van der Waals surface area contributed by atoms with E-state index in [1.165, 1.54) is 11.3 Å². The zero-order chi connectivity index (χ0) is 10.1. The summed E-state index contributed by atoms with van der Waals surface area (Å²) < 4.78 is 2.57. The molecule has 0 saturated heterocycles. The van der Waals surface area contributed by atoms with Crippen LogP contribution in [0.2, 0.25) is 0 Å². The quantitative estimate of drug-likeness (QED) is 0.766. The van der Waals surface area contributed by atoms with E-state index >= 15 is 0 Å². The maximum absolute atomic E-state index is 10.9. The molecule has 4 nitrogen and oxygen atoms in total. The highest BCUT2D eigenvalue weighted by Crippen LogP contribution is 2.03. The van der Waals surface area contributed by atoms with Crippen molar-refractivity contribution in [3.8, 4) is 0 Å². The Kier molecular flexibility index (Phi) is 2.39. The fourth-order valence-corrected chi connectivity index (χ4v) is 2.11. The van der Waals surface area contributed by atoms with Crippen molar-refractivity contribution in [2.24, 2.45) is 0 Å². The van der Waals surface area contributed by atoms with Crippen molar-refractivity contribution in [2.45, 2.75) is 13.5 Å². The summed E-state index contributed by atoms with van der Waals surface area (Å²) in [5.41, 5.74) is 1.91. The third-order valence-electron chi connectivity index (χ3n) is 1.83. The molecule has 0 bridgehead atoms. The Bertz CT molecular complexity index is 545. The summed E-state index contributed by atoms with van der Waals surface area (Å²) >= 11 is 6.27. The number of nitrogens with one attached hydrogen (secondary N) is 2. The topological polar surface area (TPSA) is 53.6 Å². The third kappa shape index (κ3) is 1.85. The lowest BCUT2D eigenvalue weighted by molar-refractivity contribution is 0.764. The summed E-state index contributed by atoms with van der Waals surface area (Å²) in [6.07, 6.45) is 1.93. The number of rotatable bonds is 2. The zero-order valence-electron chi connectivity index (χ0n) is 7.53. The average molecular weight is 227 g/mol. The van der Waals surface area contributed by atoms with Crippen LogP contribution in [0.3, 0.4) is 0 Å². The van der Waals surface area contributed by atoms with Gasteiger partial charge in [0.1, 0.15) is 0 Å². The summed E-state index contributed by atoms with van der Waals surface area (Å²) in [6.45, 7) is 2.56. The number of H-pyrrole nitrogens is 2. The van der Waals surface area contributed by atoms with Gasteiger partial charge >= 0.3 is 4.87 Å². The summed E-state index contributed by atoms with van der Waals surface area (Å²) in [5, 5.41) is 1.81. The van der Waals surface area contributed by atoms with Gasteiger partial charge in [-0.25, -0.2) is 0 Å². The summed E-state index contributed by atoms with van der Waals surface area (Å²) in [7, 11) is 0. The second-order valence-electron chi connectivity index (χ2n) is 3.04. The molecule has 0 unspecified atom stereocenters. The number of aromatic nitrogens is 3. The molecule has 0 spiro atoms. The second kappa shape index (κ2) is 3.55. The first-order valence-corrected chi connectivity index (χ1v) is 5.36. The Balaban J connectivity index is 2.31. The van der Waals surface area contributed by atoms with E-state index in [1.807, 2.05) is 23.1 Å². The highest BCUT2D eigenvalue weighted by molar-refractivity contribution is 7.71. The third-order valence-corrected chi connectivity index (χ3v) is 2.88. The maximum atomic E-state index is 10.9. The minimum Gasteiger partial charge on any atom is -0.335 e. The molecule has 0 atom stereocenters. The molecular weight excluding hydrogens is 218 g/mol. The van der Waals surface area contributed by atoms with E-state index in [-0.39, 0.29) is 4.87 Å². The van der Waals surface area contributed by atoms with E-state index < -0.39 is 0 Å². The molecule has 0 aliphatic rings. The van der Waals surface area contributed by atoms with Crippen LogP contribution in [0.15, 0.2) is 16.4 Å². The van der Waals surface area contributed by atoms with Crippen molar-refractivity contribution in [3.05, 3.63) is 37.4 Å². The van der Waals surface area contributed by atoms with Crippen LogP contribution in [0.25, 0.3) is 0 Å². The van der Waals surface area contributed by atoms with Gasteiger partial charge in [-0.1, -0.05) is 11.3 Å². The molecule has 2 rings (SSSR count). The Morgan fingerprint density at radius 1 is 1.57 bits per heavy atom. The van der Waals surface area contributed by atoms with Gasteiger partial charge < -0.3 is 14.5 Å². The molecule has 0 fully saturated rings. The Morgan fingerprint density at radius 2 is 2.36 bits per heavy atom. The van der Waals surface area contributed by atoms with Gasteiger partial charge in [0.05, 0.1) is 6.54 Å². The number of thiazole rings is 1. The maximum Gasteiger partial charge on any atom is 0.304 e. The number of imidazole rings is 1. The zero-order valence-corrected chi connectivity index (χ0v) is 9.17. The molecule has 74 valence electrons. The first kappa shape index (κ1) is 9.42. The molecule has 6 heteroatoms. The highest BCUT2D eigenvalue weighted by atomic mass is 32.1. The Morgan fingerprint density at radius 3 is 2.86 bits per heavy atom. The highest BCUT2D eigenvalue weighted by Gasteiger charge is 2.00. The van der Waals surface area contributed by atoms with Crippen LogP contribution in [0.5, 0.6) is 0 Å². The standard InChI is InChI=1S/C8H9N3OS2/c1-5-2-11(7(13)9-5)3-6-4-14-8(12)10-6/h2,4H,3H2,1H3,(H,9,13)(H,10,12). The number of hydrogen-bond donors (Lipinski definition) is 2. The van der Waals surface area contributed by atoms with Crippen molar-refractivity contribution in [2.75, 3.05) is 0 Å². The fourth-order valence-electron chi connectivity index (χ4n) is 1.26. The molecule has 2 heterocycles. The van der Waals surface area contributed by atoms with Gasteiger partial charge in [0.2, 0.25) is 0 Å². The van der Waals surface area contributed by atoms with Crippen LogP contribution in [0, 0.1) is 11.7 Å². The first-order valence-electron chi connectivity index (χ1n) is 4.08. The van der Waals surface area contributed by atoms with E-state index in [9.17, 15) is 4.79 Å². The van der Waals surface area contributed by atoms with E-state index in [0.717, 1.165) is 11.4 Å². The van der Waals surface area contributed by atoms with Gasteiger partial charge in [-0.05, 0) is 19.1 Å². The molecule has 2 N–H and O–H groups in total. The molecule has 0 amide bonds. The van der Waals surface area contributed by atoms with E-state index in [1.54, 1.807) is 0 Å². The van der Waals surface area contributed by atoms with E-state index in [2.05, 4.69) is 9.97 Å². The molecule has 0 radical (unpaired) electrons. The van der Waals surface area contributed by atoms with Crippen LogP contribution in [-0.4, -0.2) is 14.5 Å². The molecular formula is C8H9N3OS2. The van der Waals surface area contributed by atoms with Gasteiger partial charge in [0.25, 0.3) is 0 Å². The lowest BCUT2D eigenvalue weighted by Gasteiger charge is -1.97. The van der Waals surface area contributed by atoms with Gasteiger partial charge in [-0.2, -0.15) is 0 Å². The van der Waals surface area contributed by atoms with Crippen LogP contribution in [0.4, 0.5) is 0 Å². The number of aryl methyl sites for hydroxylation is 1. The minimum atomic E-state index is -0.0289. The molecule has 14 heavy (non-hydrogen) atoms. The minimum absolute atomic E-state index is 0.0289. The molecule has 2 aromatic rings. The Labute approximate surface area is 89.2 Å². The molecule has 2 aromatic heterocycles. The Hall–Kier alpha value is -1.14. The monoisotopic (exact) mass is 227 g/mol. The summed E-state index contributed by atoms with van der Waals surface area (Å²) in [5.74, 6) is 0. The van der Waals surface area contributed by atoms with Crippen LogP contribution in [-0.2, 0) is 6.54 Å². The van der Waals surface area contributed by atoms with Crippen LogP contribution < -0.4 is 4.87 Å². The van der Waals surface area contributed by atoms with Crippen LogP contribution >= 0.6 is 23.6 Å². The van der Waals surface area contributed by atoms with Crippen molar-refractivity contribution in [3.63, 3.8) is 0 Å². The smallest absolute Gasteiger partial charge is 0.304 e. The fraction of sp³-hybridized carbons (Fsp3) is 0.250. The van der Waals surface area contributed by atoms with Gasteiger partial charge in [0.15, 0.2) is 4.77 Å². The van der Waals surface area contributed by atoms with E-state index in [0.29, 0.717) is 11.3 Å². The van der Waals surface area contributed by atoms with Gasteiger partial charge in [0, 0.05) is 23.0 Å². The van der Waals surface area contributed by atoms with Crippen molar-refractivity contribution in [1.82, 2.24) is 14.5 Å². The number of nitrogens with zero attached hydrogens (tertiary/aromatic N) is 1. The molecule has 0 aromatic carbocycles. The predicted molar refractivity (Wildman–Crippen MR) is 58.4 cm³/mol. The van der Waals surface area contributed by atoms with Crippen molar-refractivity contribution < 1.29 is 0 Å². The van der Waals surface area contributed by atoms with Crippen molar-refractivity contribution >= 4 is 23.6 Å². The molecule has 0 saturated carbocycles. The van der Waals surface area contributed by atoms with Crippen LogP contribution in [0.1, 0.15) is 11.4 Å². The normalized spacial score (nSPS) is 10.6. The number of hydrogen-bond acceptors (Lipinski definition) is 3. The second-order valence-corrected chi connectivity index (χ2v) is 4.27. The molecule has 0 aliphatic heterocycles. The van der Waals surface area contributed by atoms with Gasteiger partial charge in [-0.15, -0.1) is 0 Å². The van der Waals surface area contributed by atoms with Gasteiger partial charge in [-0.3, -0.25) is 4.79 Å². The molecule has 0 aliphatic carbocycles. The van der Waals surface area contributed by atoms with Crippen molar-refractivity contribution in [1.29, 1.82) is 0 Å². The first-order chi connectivity index (χ1) is 6.65. The average Bonchev–Trinajstić information content (AvgIpc) is 2.61.